The molecular formula is C21H27N3O. The molecule has 0 aliphatic carbocycles. The average Bonchev–Trinajstić information content (AvgIpc) is 2.65. The van der Waals surface area contributed by atoms with Crippen molar-refractivity contribution in [2.24, 2.45) is 0 Å². The summed E-state index contributed by atoms with van der Waals surface area (Å²) < 4.78 is 0. The Morgan fingerprint density at radius 3 is 2.16 bits per heavy atom. The van der Waals surface area contributed by atoms with Gasteiger partial charge in [-0.05, 0) is 24.0 Å². The van der Waals surface area contributed by atoms with Crippen LogP contribution in [-0.4, -0.2) is 42.0 Å². The summed E-state index contributed by atoms with van der Waals surface area (Å²) in [6, 6.07) is 21.0. The summed E-state index contributed by atoms with van der Waals surface area (Å²) in [7, 11) is 1.85. The van der Waals surface area contributed by atoms with E-state index in [-0.39, 0.29) is 12.1 Å². The normalized spacial score (nSPS) is 15.7. The molecule has 25 heavy (non-hydrogen) atoms. The van der Waals surface area contributed by atoms with Crippen LogP contribution >= 0.6 is 0 Å². The van der Waals surface area contributed by atoms with Gasteiger partial charge in [0, 0.05) is 39.3 Å². The molecule has 0 unspecified atom stereocenters. The van der Waals surface area contributed by atoms with Crippen LogP contribution in [0.25, 0.3) is 0 Å². The molecule has 0 bridgehead atoms. The van der Waals surface area contributed by atoms with E-state index in [1.807, 2.05) is 37.4 Å². The molecule has 2 amide bonds. The number of benzene rings is 2. The highest BCUT2D eigenvalue weighted by atomic mass is 16.2. The Morgan fingerprint density at radius 2 is 1.56 bits per heavy atom. The summed E-state index contributed by atoms with van der Waals surface area (Å²) in [6.45, 7) is 3.69. The summed E-state index contributed by atoms with van der Waals surface area (Å²) in [5.41, 5.74) is 2.51. The van der Waals surface area contributed by atoms with E-state index in [4.69, 9.17) is 0 Å². The lowest BCUT2D eigenvalue weighted by Gasteiger charge is -2.33. The molecule has 2 aromatic rings. The summed E-state index contributed by atoms with van der Waals surface area (Å²) in [5.74, 6) is 0. The lowest BCUT2D eigenvalue weighted by atomic mass is 10.0. The lowest BCUT2D eigenvalue weighted by Crippen LogP contribution is -2.48. The van der Waals surface area contributed by atoms with Gasteiger partial charge in [0.2, 0.25) is 0 Å². The predicted molar refractivity (Wildman–Crippen MR) is 101 cm³/mol. The molecule has 1 aliphatic rings. The molecule has 4 heteroatoms. The number of rotatable bonds is 5. The molecule has 1 N–H and O–H groups in total. The number of hydrogen-bond acceptors (Lipinski definition) is 2. The first-order chi connectivity index (χ1) is 12.2. The second kappa shape index (κ2) is 8.67. The quantitative estimate of drug-likeness (QED) is 0.906. The van der Waals surface area contributed by atoms with Crippen molar-refractivity contribution < 1.29 is 4.79 Å². The van der Waals surface area contributed by atoms with Gasteiger partial charge < -0.3 is 10.2 Å². The molecule has 132 valence electrons. The highest BCUT2D eigenvalue weighted by Gasteiger charge is 2.21. The van der Waals surface area contributed by atoms with Gasteiger partial charge >= 0.3 is 6.03 Å². The van der Waals surface area contributed by atoms with Gasteiger partial charge in [0.15, 0.2) is 0 Å². The van der Waals surface area contributed by atoms with Crippen molar-refractivity contribution in [1.82, 2.24) is 15.1 Å². The Kier molecular flexibility index (Phi) is 6.07. The van der Waals surface area contributed by atoms with E-state index in [0.29, 0.717) is 6.54 Å². The van der Waals surface area contributed by atoms with Crippen molar-refractivity contribution in [1.29, 1.82) is 0 Å². The number of likely N-dealkylation sites (tertiary alicyclic amines) is 1. The van der Waals surface area contributed by atoms with Gasteiger partial charge in [0.1, 0.15) is 0 Å². The molecule has 4 nitrogen and oxygen atoms in total. The number of nitrogens with one attached hydrogen (secondary N) is 1. The Labute approximate surface area is 150 Å². The van der Waals surface area contributed by atoms with E-state index >= 15 is 0 Å². The van der Waals surface area contributed by atoms with Crippen LogP contribution < -0.4 is 5.32 Å². The molecule has 2 aromatic carbocycles. The zero-order valence-corrected chi connectivity index (χ0v) is 14.9. The number of hydrogen-bond donors (Lipinski definition) is 1. The van der Waals surface area contributed by atoms with E-state index in [1.165, 1.54) is 5.56 Å². The van der Waals surface area contributed by atoms with Gasteiger partial charge in [0.25, 0.3) is 0 Å². The minimum absolute atomic E-state index is 0.0189. The number of urea groups is 1. The summed E-state index contributed by atoms with van der Waals surface area (Å²) >= 11 is 0. The minimum atomic E-state index is 0.0189. The Balaban J connectivity index is 1.41. The number of carbonyl (C=O) groups excluding carboxylic acids is 1. The van der Waals surface area contributed by atoms with E-state index in [9.17, 15) is 4.79 Å². The SMILES string of the molecule is CN(Cc1ccccc1)C(=O)NC1CCN(Cc2ccccc2)CC1. The molecule has 0 aromatic heterocycles. The van der Waals surface area contributed by atoms with E-state index < -0.39 is 0 Å². The molecule has 1 heterocycles. The number of piperidine rings is 1. The molecule has 1 fully saturated rings. The summed E-state index contributed by atoms with van der Waals surface area (Å²) in [6.07, 6.45) is 2.02. The van der Waals surface area contributed by atoms with Gasteiger partial charge in [-0.15, -0.1) is 0 Å². The van der Waals surface area contributed by atoms with Crippen molar-refractivity contribution in [2.75, 3.05) is 20.1 Å². The molecule has 1 aliphatic heterocycles. The number of amides is 2. The van der Waals surface area contributed by atoms with Gasteiger partial charge in [-0.25, -0.2) is 4.79 Å². The van der Waals surface area contributed by atoms with Gasteiger partial charge in [0.05, 0.1) is 0 Å². The van der Waals surface area contributed by atoms with E-state index in [0.717, 1.165) is 38.0 Å². The first-order valence-electron chi connectivity index (χ1n) is 9.02. The highest BCUT2D eigenvalue weighted by Crippen LogP contribution is 2.14. The summed E-state index contributed by atoms with van der Waals surface area (Å²) in [5, 5.41) is 3.18. The zero-order chi connectivity index (χ0) is 17.5. The first kappa shape index (κ1) is 17.5. The fourth-order valence-corrected chi connectivity index (χ4v) is 3.29. The Morgan fingerprint density at radius 1 is 1.00 bits per heavy atom. The van der Waals surface area contributed by atoms with E-state index in [1.54, 1.807) is 4.90 Å². The molecule has 0 saturated carbocycles. The monoisotopic (exact) mass is 337 g/mol. The zero-order valence-electron chi connectivity index (χ0n) is 14.9. The lowest BCUT2D eigenvalue weighted by molar-refractivity contribution is 0.173. The van der Waals surface area contributed by atoms with Crippen molar-refractivity contribution in [3.63, 3.8) is 0 Å². The van der Waals surface area contributed by atoms with Crippen molar-refractivity contribution in [3.8, 4) is 0 Å². The van der Waals surface area contributed by atoms with Crippen LogP contribution in [0.2, 0.25) is 0 Å². The van der Waals surface area contributed by atoms with Crippen molar-refractivity contribution >= 4 is 6.03 Å². The predicted octanol–water partition coefficient (Wildman–Crippen LogP) is 3.49. The fourth-order valence-electron chi connectivity index (χ4n) is 3.29. The molecule has 0 spiro atoms. The van der Waals surface area contributed by atoms with Crippen molar-refractivity contribution in [2.45, 2.75) is 32.0 Å². The molecule has 0 atom stereocenters. The van der Waals surface area contributed by atoms with Gasteiger partial charge in [-0.2, -0.15) is 0 Å². The standard InChI is InChI=1S/C21H27N3O/c1-23(16-18-8-4-2-5-9-18)21(25)22-20-12-14-24(15-13-20)17-19-10-6-3-7-11-19/h2-11,20H,12-17H2,1H3,(H,22,25). The van der Waals surface area contributed by atoms with Crippen LogP contribution in [0.1, 0.15) is 24.0 Å². The van der Waals surface area contributed by atoms with Crippen LogP contribution in [0.5, 0.6) is 0 Å². The van der Waals surface area contributed by atoms with Crippen LogP contribution in [0.15, 0.2) is 60.7 Å². The highest BCUT2D eigenvalue weighted by molar-refractivity contribution is 5.74. The van der Waals surface area contributed by atoms with E-state index in [2.05, 4.69) is 40.5 Å². The Hall–Kier alpha value is -2.33. The third-order valence-electron chi connectivity index (χ3n) is 4.77. The third kappa shape index (κ3) is 5.33. The van der Waals surface area contributed by atoms with Crippen LogP contribution in [-0.2, 0) is 13.1 Å². The third-order valence-corrected chi connectivity index (χ3v) is 4.77. The first-order valence-corrected chi connectivity index (χ1v) is 9.02. The number of carbonyl (C=O) groups is 1. The smallest absolute Gasteiger partial charge is 0.317 e. The molecule has 1 saturated heterocycles. The second-order valence-corrected chi connectivity index (χ2v) is 6.83. The minimum Gasteiger partial charge on any atom is -0.335 e. The molecule has 0 radical (unpaired) electrons. The summed E-state index contributed by atoms with van der Waals surface area (Å²) in [4.78, 5) is 16.6. The average molecular weight is 337 g/mol. The second-order valence-electron chi connectivity index (χ2n) is 6.83. The maximum absolute atomic E-state index is 12.4. The van der Waals surface area contributed by atoms with Crippen LogP contribution in [0.4, 0.5) is 4.79 Å². The maximum atomic E-state index is 12.4. The van der Waals surface area contributed by atoms with Crippen LogP contribution in [0.3, 0.4) is 0 Å². The topological polar surface area (TPSA) is 35.6 Å². The van der Waals surface area contributed by atoms with Gasteiger partial charge in [-0.3, -0.25) is 4.90 Å². The largest absolute Gasteiger partial charge is 0.335 e. The Bertz CT molecular complexity index is 651. The van der Waals surface area contributed by atoms with Gasteiger partial charge in [-0.1, -0.05) is 60.7 Å². The van der Waals surface area contributed by atoms with Crippen molar-refractivity contribution in [3.05, 3.63) is 71.8 Å². The number of nitrogens with zero attached hydrogens (tertiary/aromatic N) is 2. The van der Waals surface area contributed by atoms with Crippen LogP contribution in [0, 0.1) is 0 Å². The molecule has 3 rings (SSSR count). The fraction of sp³-hybridized carbons (Fsp3) is 0.381. The maximum Gasteiger partial charge on any atom is 0.317 e. The molecular weight excluding hydrogens is 310 g/mol.